The first-order valence-corrected chi connectivity index (χ1v) is 6.77. The van der Waals surface area contributed by atoms with E-state index in [4.69, 9.17) is 5.11 Å². The molecule has 0 bridgehead atoms. The van der Waals surface area contributed by atoms with Crippen LogP contribution in [0.3, 0.4) is 0 Å². The maximum absolute atomic E-state index is 12.9. The van der Waals surface area contributed by atoms with Crippen LogP contribution in [0.5, 0.6) is 0 Å². The third-order valence-electron chi connectivity index (χ3n) is 3.96. The van der Waals surface area contributed by atoms with Crippen LogP contribution in [0.2, 0.25) is 0 Å². The topological polar surface area (TPSA) is 57.6 Å². The maximum atomic E-state index is 12.9. The molecule has 0 saturated carbocycles. The summed E-state index contributed by atoms with van der Waals surface area (Å²) in [6, 6.07) is 5.02. The van der Waals surface area contributed by atoms with Crippen molar-refractivity contribution in [2.75, 3.05) is 13.1 Å². The number of rotatable bonds is 2. The van der Waals surface area contributed by atoms with Crippen LogP contribution in [-0.4, -0.2) is 41.1 Å². The van der Waals surface area contributed by atoms with Crippen LogP contribution in [-0.2, 0) is 4.79 Å². The molecule has 7 heteroatoms. The van der Waals surface area contributed by atoms with Crippen molar-refractivity contribution in [1.29, 1.82) is 0 Å². The lowest BCUT2D eigenvalue weighted by Gasteiger charge is -2.19. The van der Waals surface area contributed by atoms with E-state index in [9.17, 15) is 22.8 Å². The maximum Gasteiger partial charge on any atom is 0.394 e. The quantitative estimate of drug-likeness (QED) is 0.913. The highest BCUT2D eigenvalue weighted by molar-refractivity contribution is 5.96. The van der Waals surface area contributed by atoms with Crippen LogP contribution in [0.25, 0.3) is 0 Å². The molecule has 1 aromatic rings. The van der Waals surface area contributed by atoms with Crippen LogP contribution in [0.1, 0.15) is 21.5 Å². The summed E-state index contributed by atoms with van der Waals surface area (Å²) in [7, 11) is 0. The lowest BCUT2D eigenvalue weighted by Crippen LogP contribution is -2.34. The Bertz CT molecular complexity index is 613. The number of aliphatic carboxylic acids is 1. The molecule has 4 nitrogen and oxygen atoms in total. The van der Waals surface area contributed by atoms with E-state index in [0.29, 0.717) is 11.1 Å². The number of halogens is 3. The number of carbonyl (C=O) groups excluding carboxylic acids is 1. The molecule has 1 saturated heterocycles. The first-order chi connectivity index (χ1) is 10.1. The van der Waals surface area contributed by atoms with Gasteiger partial charge in [-0.15, -0.1) is 0 Å². The molecule has 1 amide bonds. The van der Waals surface area contributed by atoms with E-state index in [0.717, 1.165) is 10.5 Å². The highest BCUT2D eigenvalue weighted by Crippen LogP contribution is 2.38. The molecule has 1 N–H and O–H groups in total. The van der Waals surface area contributed by atoms with Crippen molar-refractivity contribution < 1.29 is 27.9 Å². The molecule has 1 heterocycles. The Morgan fingerprint density at radius 1 is 1.23 bits per heavy atom. The standard InChI is InChI=1S/C15H16F3NO3/c1-8-3-4-10(9(2)5-8)13(20)19-6-11(14(21)22)12(7-19)15(16,17)18/h3-5,11-12H,6-7H2,1-2H3,(H,21,22)/t11-,12-/m1/s1. The summed E-state index contributed by atoms with van der Waals surface area (Å²) in [5.74, 6) is -5.73. The number of carboxylic acid groups (broad SMARTS) is 1. The molecular formula is C15H16F3NO3. The van der Waals surface area contributed by atoms with Gasteiger partial charge in [-0.1, -0.05) is 17.7 Å². The van der Waals surface area contributed by atoms with Crippen molar-refractivity contribution in [2.24, 2.45) is 11.8 Å². The second-order valence-corrected chi connectivity index (χ2v) is 5.62. The summed E-state index contributed by atoms with van der Waals surface area (Å²) in [5, 5.41) is 8.97. The predicted octanol–water partition coefficient (Wildman–Crippen LogP) is 2.64. The number of hydrogen-bond acceptors (Lipinski definition) is 2. The van der Waals surface area contributed by atoms with E-state index in [1.54, 1.807) is 25.1 Å². The van der Waals surface area contributed by atoms with E-state index in [2.05, 4.69) is 0 Å². The molecule has 0 spiro atoms. The Kier molecular flexibility index (Phi) is 4.17. The van der Waals surface area contributed by atoms with Gasteiger partial charge in [-0.2, -0.15) is 13.2 Å². The van der Waals surface area contributed by atoms with Gasteiger partial charge in [0.25, 0.3) is 5.91 Å². The molecule has 22 heavy (non-hydrogen) atoms. The Labute approximate surface area is 125 Å². The van der Waals surface area contributed by atoms with Crippen molar-refractivity contribution in [3.63, 3.8) is 0 Å². The minimum Gasteiger partial charge on any atom is -0.481 e. The predicted molar refractivity (Wildman–Crippen MR) is 72.5 cm³/mol. The fourth-order valence-electron chi connectivity index (χ4n) is 2.78. The van der Waals surface area contributed by atoms with Crippen LogP contribution in [0.15, 0.2) is 18.2 Å². The molecule has 1 fully saturated rings. The highest BCUT2D eigenvalue weighted by Gasteiger charge is 2.53. The molecule has 120 valence electrons. The Morgan fingerprint density at radius 2 is 1.86 bits per heavy atom. The van der Waals surface area contributed by atoms with E-state index < -0.39 is 43.0 Å². The number of likely N-dealkylation sites (tertiary alicyclic amines) is 1. The zero-order chi connectivity index (χ0) is 16.7. The third kappa shape index (κ3) is 3.08. The van der Waals surface area contributed by atoms with Crippen LogP contribution in [0.4, 0.5) is 13.2 Å². The van der Waals surface area contributed by atoms with E-state index in [-0.39, 0.29) is 0 Å². The Hall–Kier alpha value is -2.05. The van der Waals surface area contributed by atoms with E-state index in [1.807, 2.05) is 6.92 Å². The normalized spacial score (nSPS) is 22.0. The summed E-state index contributed by atoms with van der Waals surface area (Å²) in [6.07, 6.45) is -4.64. The minimum absolute atomic E-state index is 0.303. The smallest absolute Gasteiger partial charge is 0.394 e. The van der Waals surface area contributed by atoms with Gasteiger partial charge in [-0.05, 0) is 25.5 Å². The number of carboxylic acids is 1. The Morgan fingerprint density at radius 3 is 2.32 bits per heavy atom. The number of aryl methyl sites for hydroxylation is 2. The molecule has 2 rings (SSSR count). The van der Waals surface area contributed by atoms with Crippen LogP contribution in [0, 0.1) is 25.7 Å². The molecule has 2 atom stereocenters. The van der Waals surface area contributed by atoms with E-state index in [1.165, 1.54) is 0 Å². The average molecular weight is 315 g/mol. The van der Waals surface area contributed by atoms with Gasteiger partial charge in [-0.25, -0.2) is 0 Å². The Balaban J connectivity index is 2.27. The summed E-state index contributed by atoms with van der Waals surface area (Å²) in [6.45, 7) is 2.50. The lowest BCUT2D eigenvalue weighted by molar-refractivity contribution is -0.187. The van der Waals surface area contributed by atoms with Crippen molar-refractivity contribution in [1.82, 2.24) is 4.90 Å². The van der Waals surface area contributed by atoms with Gasteiger partial charge in [0.2, 0.25) is 0 Å². The number of amides is 1. The van der Waals surface area contributed by atoms with Crippen molar-refractivity contribution >= 4 is 11.9 Å². The van der Waals surface area contributed by atoms with Crippen molar-refractivity contribution in [2.45, 2.75) is 20.0 Å². The first-order valence-electron chi connectivity index (χ1n) is 6.77. The largest absolute Gasteiger partial charge is 0.481 e. The second kappa shape index (κ2) is 5.62. The van der Waals surface area contributed by atoms with Gasteiger partial charge in [-0.3, -0.25) is 9.59 Å². The zero-order valence-electron chi connectivity index (χ0n) is 12.1. The molecule has 0 aliphatic carbocycles. The molecule has 1 aliphatic rings. The molecule has 0 aromatic heterocycles. The SMILES string of the molecule is Cc1ccc(C(=O)N2C[C@@H](C(F)(F)F)[C@H](C(=O)O)C2)c(C)c1. The summed E-state index contributed by atoms with van der Waals surface area (Å²) in [5.41, 5.74) is 1.90. The second-order valence-electron chi connectivity index (χ2n) is 5.62. The third-order valence-corrected chi connectivity index (χ3v) is 3.96. The van der Waals surface area contributed by atoms with Gasteiger partial charge >= 0.3 is 12.1 Å². The number of benzene rings is 1. The fraction of sp³-hybridized carbons (Fsp3) is 0.467. The van der Waals surface area contributed by atoms with E-state index >= 15 is 0 Å². The average Bonchev–Trinajstić information content (AvgIpc) is 2.83. The van der Waals surface area contributed by atoms with Crippen LogP contribution < -0.4 is 0 Å². The molecule has 1 aliphatic heterocycles. The molecule has 0 radical (unpaired) electrons. The van der Waals surface area contributed by atoms with Gasteiger partial charge in [0, 0.05) is 18.7 Å². The minimum atomic E-state index is -4.64. The zero-order valence-corrected chi connectivity index (χ0v) is 12.1. The molecular weight excluding hydrogens is 299 g/mol. The number of hydrogen-bond donors (Lipinski definition) is 1. The highest BCUT2D eigenvalue weighted by atomic mass is 19.4. The summed E-state index contributed by atoms with van der Waals surface area (Å²) >= 11 is 0. The number of alkyl halides is 3. The summed E-state index contributed by atoms with van der Waals surface area (Å²) in [4.78, 5) is 24.4. The monoisotopic (exact) mass is 315 g/mol. The first kappa shape index (κ1) is 16.3. The number of carbonyl (C=O) groups is 2. The molecule has 1 aromatic carbocycles. The molecule has 0 unspecified atom stereocenters. The van der Waals surface area contributed by atoms with Crippen LogP contribution >= 0.6 is 0 Å². The lowest BCUT2D eigenvalue weighted by atomic mass is 9.96. The summed E-state index contributed by atoms with van der Waals surface area (Å²) < 4.78 is 38.8. The van der Waals surface area contributed by atoms with Gasteiger partial charge in [0.15, 0.2) is 0 Å². The van der Waals surface area contributed by atoms with Crippen molar-refractivity contribution in [3.05, 3.63) is 34.9 Å². The number of nitrogens with zero attached hydrogens (tertiary/aromatic N) is 1. The van der Waals surface area contributed by atoms with Gasteiger partial charge in [0.05, 0.1) is 11.8 Å². The van der Waals surface area contributed by atoms with Gasteiger partial charge < -0.3 is 10.0 Å². The van der Waals surface area contributed by atoms with Gasteiger partial charge in [0.1, 0.15) is 0 Å². The van der Waals surface area contributed by atoms with Crippen molar-refractivity contribution in [3.8, 4) is 0 Å². The fourth-order valence-corrected chi connectivity index (χ4v) is 2.78.